The molecule has 30 heavy (non-hydrogen) atoms. The largest absolute Gasteiger partial charge is 0.430 e. The van der Waals surface area contributed by atoms with Crippen molar-refractivity contribution >= 4 is 24.8 Å². The van der Waals surface area contributed by atoms with E-state index in [0.29, 0.717) is 30.6 Å². The van der Waals surface area contributed by atoms with Gasteiger partial charge in [0.05, 0.1) is 17.7 Å². The molecule has 1 aliphatic rings. The van der Waals surface area contributed by atoms with Gasteiger partial charge in [0.15, 0.2) is 0 Å². The molecule has 0 spiro atoms. The van der Waals surface area contributed by atoms with Crippen molar-refractivity contribution in [3.63, 3.8) is 0 Å². The summed E-state index contributed by atoms with van der Waals surface area (Å²) in [6, 6.07) is 12.1. The van der Waals surface area contributed by atoms with Gasteiger partial charge in [-0.05, 0) is 56.4 Å². The van der Waals surface area contributed by atoms with Gasteiger partial charge < -0.3 is 4.65 Å². The molecule has 0 saturated carbocycles. The van der Waals surface area contributed by atoms with Crippen LogP contribution in [0.5, 0.6) is 0 Å². The lowest BCUT2D eigenvalue weighted by molar-refractivity contribution is -0.0441. The molecule has 1 aliphatic heterocycles. The van der Waals surface area contributed by atoms with Crippen LogP contribution in [0.3, 0.4) is 0 Å². The third-order valence-corrected chi connectivity index (χ3v) is 5.12. The van der Waals surface area contributed by atoms with Gasteiger partial charge in [-0.25, -0.2) is 14.4 Å². The number of rotatable bonds is 5. The lowest BCUT2D eigenvalue weighted by Gasteiger charge is -2.43. The molecule has 0 fully saturated rings. The minimum absolute atomic E-state index is 0.0366. The van der Waals surface area contributed by atoms with E-state index in [9.17, 15) is 9.59 Å². The van der Waals surface area contributed by atoms with Crippen molar-refractivity contribution in [3.05, 3.63) is 65.0 Å². The third kappa shape index (κ3) is 4.41. The van der Waals surface area contributed by atoms with Crippen LogP contribution in [0.4, 0.5) is 4.39 Å². The number of hydrogen-bond acceptors (Lipinski definition) is 3. The van der Waals surface area contributed by atoms with E-state index in [2.05, 4.69) is 0 Å². The van der Waals surface area contributed by atoms with E-state index >= 15 is 4.39 Å². The maximum Gasteiger partial charge on any atom is 0.312 e. The number of fused-ring (bicyclic) bond motifs is 1. The molecular formula is C23H28BFN2O3. The van der Waals surface area contributed by atoms with Crippen molar-refractivity contribution in [1.29, 1.82) is 0 Å². The number of benzene rings is 2. The van der Waals surface area contributed by atoms with Gasteiger partial charge in [-0.1, -0.05) is 37.6 Å². The van der Waals surface area contributed by atoms with Crippen LogP contribution in [0, 0.1) is 5.82 Å². The molecule has 0 atom stereocenters. The Bertz CT molecular complexity index is 928. The van der Waals surface area contributed by atoms with E-state index in [1.54, 1.807) is 30.3 Å². The number of amides is 2. The van der Waals surface area contributed by atoms with Crippen molar-refractivity contribution in [2.45, 2.75) is 52.7 Å². The summed E-state index contributed by atoms with van der Waals surface area (Å²) in [5.41, 5.74) is 0.937. The molecular weight excluding hydrogens is 382 g/mol. The summed E-state index contributed by atoms with van der Waals surface area (Å²) in [4.78, 5) is 27.0. The molecule has 1 heterocycles. The number of carbonyl (C=O) groups is 2. The maximum absolute atomic E-state index is 15.2. The number of carbonyl (C=O) groups excluding carboxylic acids is 2. The standard InChI is InChI=1S/C23H28BFN2O3/c1-5-6-14-26(22(29)18-13-12-17-15-30-24-19(17)20(18)25)27(23(2,3)4)21(28)16-10-8-7-9-11-16/h7-13,24H,5-6,14-15H2,1-4H3. The lowest BCUT2D eigenvalue weighted by atomic mass is 9.85. The zero-order valence-corrected chi connectivity index (χ0v) is 18.1. The quantitative estimate of drug-likeness (QED) is 0.561. The molecule has 3 rings (SSSR count). The van der Waals surface area contributed by atoms with E-state index in [0.717, 1.165) is 12.0 Å². The van der Waals surface area contributed by atoms with Gasteiger partial charge in [-0.2, -0.15) is 0 Å². The highest BCUT2D eigenvalue weighted by Gasteiger charge is 2.37. The number of hydrazine groups is 1. The molecule has 5 nitrogen and oxygen atoms in total. The Morgan fingerprint density at radius 2 is 1.80 bits per heavy atom. The van der Waals surface area contributed by atoms with Crippen LogP contribution in [-0.2, 0) is 11.3 Å². The van der Waals surface area contributed by atoms with Gasteiger partial charge >= 0.3 is 7.48 Å². The summed E-state index contributed by atoms with van der Waals surface area (Å²) in [6.45, 7) is 8.28. The molecule has 2 aromatic carbocycles. The summed E-state index contributed by atoms with van der Waals surface area (Å²) < 4.78 is 20.5. The average molecular weight is 410 g/mol. The summed E-state index contributed by atoms with van der Waals surface area (Å²) in [6.07, 6.45) is 1.53. The zero-order valence-electron chi connectivity index (χ0n) is 18.1. The van der Waals surface area contributed by atoms with Crippen LogP contribution in [0.1, 0.15) is 66.8 Å². The highest BCUT2D eigenvalue weighted by atomic mass is 19.1. The molecule has 0 radical (unpaired) electrons. The first-order valence-electron chi connectivity index (χ1n) is 10.3. The van der Waals surface area contributed by atoms with Gasteiger partial charge in [0.2, 0.25) is 0 Å². The Morgan fingerprint density at radius 3 is 2.43 bits per heavy atom. The monoisotopic (exact) mass is 410 g/mol. The third-order valence-electron chi connectivity index (χ3n) is 5.12. The second kappa shape index (κ2) is 9.00. The summed E-state index contributed by atoms with van der Waals surface area (Å²) >= 11 is 0. The van der Waals surface area contributed by atoms with Crippen LogP contribution in [-0.4, -0.2) is 41.4 Å². The summed E-state index contributed by atoms with van der Waals surface area (Å²) in [7, 11) is 0.156. The van der Waals surface area contributed by atoms with Crippen LogP contribution >= 0.6 is 0 Å². The first-order chi connectivity index (χ1) is 14.3. The second-order valence-electron chi connectivity index (χ2n) is 8.49. The smallest absolute Gasteiger partial charge is 0.312 e. The molecule has 0 aliphatic carbocycles. The van der Waals surface area contributed by atoms with Crippen LogP contribution in [0.25, 0.3) is 0 Å². The fourth-order valence-electron chi connectivity index (χ4n) is 3.60. The predicted molar refractivity (Wildman–Crippen MR) is 116 cm³/mol. The van der Waals surface area contributed by atoms with Gasteiger partial charge in [0.1, 0.15) is 5.82 Å². The van der Waals surface area contributed by atoms with Crippen molar-refractivity contribution in [3.8, 4) is 0 Å². The Balaban J connectivity index is 2.04. The summed E-state index contributed by atoms with van der Waals surface area (Å²) in [5, 5.41) is 2.86. The Labute approximate surface area is 178 Å². The fourth-order valence-corrected chi connectivity index (χ4v) is 3.60. The molecule has 0 aromatic heterocycles. The normalized spacial score (nSPS) is 12.8. The predicted octanol–water partition coefficient (Wildman–Crippen LogP) is 3.43. The summed E-state index contributed by atoms with van der Waals surface area (Å²) in [5.74, 6) is -1.37. The van der Waals surface area contributed by atoms with Crippen molar-refractivity contribution in [2.24, 2.45) is 0 Å². The van der Waals surface area contributed by atoms with E-state index in [4.69, 9.17) is 4.65 Å². The number of hydrogen-bond donors (Lipinski definition) is 0. The molecule has 2 amide bonds. The van der Waals surface area contributed by atoms with E-state index in [1.807, 2.05) is 33.8 Å². The molecule has 7 heteroatoms. The van der Waals surface area contributed by atoms with Gasteiger partial charge in [0, 0.05) is 12.1 Å². The second-order valence-corrected chi connectivity index (χ2v) is 8.49. The van der Waals surface area contributed by atoms with Crippen molar-refractivity contribution in [2.75, 3.05) is 6.54 Å². The Morgan fingerprint density at radius 1 is 1.10 bits per heavy atom. The SMILES string of the molecule is CCCCN(C(=O)c1ccc2c(c1F)BOC2)N(C(=O)c1ccccc1)C(C)(C)C. The zero-order chi connectivity index (χ0) is 21.9. The highest BCUT2D eigenvalue weighted by Crippen LogP contribution is 2.24. The first-order valence-corrected chi connectivity index (χ1v) is 10.3. The Kier molecular flexibility index (Phi) is 6.61. The number of unbranched alkanes of at least 4 members (excludes halogenated alkanes) is 1. The minimum atomic E-state index is -0.688. The molecule has 0 bridgehead atoms. The molecule has 0 unspecified atom stereocenters. The fraction of sp³-hybridized carbons (Fsp3) is 0.391. The molecule has 0 saturated heterocycles. The van der Waals surface area contributed by atoms with Crippen LogP contribution in [0.15, 0.2) is 42.5 Å². The average Bonchev–Trinajstić information content (AvgIpc) is 3.20. The Hall–Kier alpha value is -2.67. The molecule has 2 aromatic rings. The van der Waals surface area contributed by atoms with Gasteiger partial charge in [0.25, 0.3) is 11.8 Å². The van der Waals surface area contributed by atoms with Gasteiger partial charge in [-0.15, -0.1) is 0 Å². The minimum Gasteiger partial charge on any atom is -0.430 e. The van der Waals surface area contributed by atoms with E-state index in [1.165, 1.54) is 16.1 Å². The molecule has 158 valence electrons. The number of nitrogens with zero attached hydrogens (tertiary/aromatic N) is 2. The van der Waals surface area contributed by atoms with Crippen LogP contribution in [0.2, 0.25) is 0 Å². The van der Waals surface area contributed by atoms with E-state index < -0.39 is 17.3 Å². The molecule has 0 N–H and O–H groups in total. The highest BCUT2D eigenvalue weighted by molar-refractivity contribution is 6.49. The van der Waals surface area contributed by atoms with Crippen molar-refractivity contribution < 1.29 is 18.6 Å². The van der Waals surface area contributed by atoms with E-state index in [-0.39, 0.29) is 19.0 Å². The maximum atomic E-state index is 15.2. The van der Waals surface area contributed by atoms with Crippen molar-refractivity contribution in [1.82, 2.24) is 10.0 Å². The first kappa shape index (κ1) is 22.0. The topological polar surface area (TPSA) is 49.9 Å². The lowest BCUT2D eigenvalue weighted by Crippen LogP contribution is -2.58. The number of halogens is 1. The van der Waals surface area contributed by atoms with Crippen LogP contribution < -0.4 is 5.46 Å². The van der Waals surface area contributed by atoms with Gasteiger partial charge in [-0.3, -0.25) is 9.59 Å².